The second-order valence-electron chi connectivity index (χ2n) is 1.76. The minimum atomic E-state index is 0. The summed E-state index contributed by atoms with van der Waals surface area (Å²) in [6, 6.07) is 0. The Kier molecular flexibility index (Phi) is 3.83. The van der Waals surface area contributed by atoms with Crippen LogP contribution in [0.5, 0.6) is 0 Å². The minimum absolute atomic E-state index is 0. The van der Waals surface area contributed by atoms with Crippen LogP contribution in [0.4, 0.5) is 0 Å². The molecule has 0 radical (unpaired) electrons. The second-order valence-corrected chi connectivity index (χ2v) is 1.76. The van der Waals surface area contributed by atoms with E-state index in [9.17, 15) is 0 Å². The smallest absolute Gasteiger partial charge is 0.425 e. The van der Waals surface area contributed by atoms with E-state index in [0.29, 0.717) is 0 Å². The van der Waals surface area contributed by atoms with Gasteiger partial charge < -0.3 is 11.8 Å². The molecule has 40 valence electrons. The van der Waals surface area contributed by atoms with Gasteiger partial charge in [-0.05, 0) is 13.3 Å². The zero-order valence-electron chi connectivity index (χ0n) is 4.92. The van der Waals surface area contributed by atoms with Crippen molar-refractivity contribution >= 4 is 5.71 Å². The van der Waals surface area contributed by atoms with Crippen LogP contribution >= 0.6 is 0 Å². The molecule has 1 unspecified atom stereocenters. The molecular formula is C5H8NOY+2. The molecule has 0 aromatic heterocycles. The minimum Gasteiger partial charge on any atom is -0.425 e. The Bertz CT molecular complexity index is 103. The van der Waals surface area contributed by atoms with Crippen molar-refractivity contribution in [3.8, 4) is 0 Å². The first kappa shape index (κ1) is 8.57. The van der Waals surface area contributed by atoms with Crippen molar-refractivity contribution in [1.29, 1.82) is 0 Å². The van der Waals surface area contributed by atoms with E-state index in [-0.39, 0.29) is 38.8 Å². The molecule has 0 N–H and O–H groups in total. The zero-order valence-corrected chi connectivity index (χ0v) is 7.76. The molecule has 8 heavy (non-hydrogen) atoms. The molecule has 0 aromatic carbocycles. The Morgan fingerprint density at radius 1 is 1.88 bits per heavy atom. The van der Waals surface area contributed by atoms with Gasteiger partial charge in [-0.2, -0.15) is 0 Å². The summed E-state index contributed by atoms with van der Waals surface area (Å²) in [5, 5.41) is 3.67. The van der Waals surface area contributed by atoms with Crippen molar-refractivity contribution in [1.82, 2.24) is 0 Å². The number of hydrogen-bond acceptors (Lipinski definition) is 2. The van der Waals surface area contributed by atoms with Crippen LogP contribution in [0.25, 0.3) is 0 Å². The maximum Gasteiger partial charge on any atom is 3.00 e. The third kappa shape index (κ3) is 2.23. The first-order valence-corrected chi connectivity index (χ1v) is 2.31. The molecule has 0 aromatic rings. The van der Waals surface area contributed by atoms with Gasteiger partial charge in [-0.1, -0.05) is 5.16 Å². The van der Waals surface area contributed by atoms with Crippen LogP contribution in [-0.4, -0.2) is 11.8 Å². The van der Waals surface area contributed by atoms with Crippen LogP contribution in [0.3, 0.4) is 0 Å². The number of nitrogens with zero attached hydrogens (tertiary/aromatic N) is 1. The van der Waals surface area contributed by atoms with Gasteiger partial charge in [0.1, 0.15) is 0 Å². The topological polar surface area (TPSA) is 21.6 Å². The summed E-state index contributed by atoms with van der Waals surface area (Å²) in [6.07, 6.45) is 0.958. The summed E-state index contributed by atoms with van der Waals surface area (Å²) in [5.41, 5.74) is 1.04. The third-order valence-corrected chi connectivity index (χ3v) is 0.881. The molecule has 0 saturated carbocycles. The predicted molar refractivity (Wildman–Crippen MR) is 28.0 cm³/mol. The summed E-state index contributed by atoms with van der Waals surface area (Å²) in [6.45, 7) is 5.59. The first-order valence-electron chi connectivity index (χ1n) is 2.31. The molecule has 3 heteroatoms. The number of rotatable bonds is 0. The Balaban J connectivity index is 0.000000490. The molecule has 0 amide bonds. The zero-order chi connectivity index (χ0) is 5.28. The Morgan fingerprint density at radius 3 is 2.62 bits per heavy atom. The molecule has 0 aliphatic carbocycles. The van der Waals surface area contributed by atoms with Gasteiger partial charge in [0.2, 0.25) is 0 Å². The van der Waals surface area contributed by atoms with E-state index in [1.807, 2.05) is 6.92 Å². The molecule has 0 saturated heterocycles. The van der Waals surface area contributed by atoms with E-state index in [1.165, 1.54) is 0 Å². The monoisotopic (exact) mass is 187 g/mol. The third-order valence-electron chi connectivity index (χ3n) is 0.881. The molecule has 1 atom stereocenters. The molecule has 2 nitrogen and oxygen atoms in total. The van der Waals surface area contributed by atoms with Gasteiger partial charge in [-0.15, -0.1) is 0 Å². The quantitative estimate of drug-likeness (QED) is 0.518. The van der Waals surface area contributed by atoms with Gasteiger partial charge in [-0.3, -0.25) is 0 Å². The van der Waals surface area contributed by atoms with Gasteiger partial charge in [-0.25, -0.2) is 0 Å². The SMILES string of the molecule is [CH2-]C1CC(C)=NO1.[Y+3]. The van der Waals surface area contributed by atoms with Gasteiger partial charge >= 0.3 is 32.7 Å². The summed E-state index contributed by atoms with van der Waals surface area (Å²) < 4.78 is 0. The van der Waals surface area contributed by atoms with Crippen LogP contribution in [0.15, 0.2) is 5.16 Å². The number of hydrogen-bond donors (Lipinski definition) is 0. The van der Waals surface area contributed by atoms with E-state index in [1.54, 1.807) is 0 Å². The fourth-order valence-electron chi connectivity index (χ4n) is 0.569. The second kappa shape index (κ2) is 3.57. The van der Waals surface area contributed by atoms with Crippen molar-refractivity contribution in [3.63, 3.8) is 0 Å². The summed E-state index contributed by atoms with van der Waals surface area (Å²) in [5.74, 6) is 0. The van der Waals surface area contributed by atoms with Gasteiger partial charge in [0.05, 0.1) is 5.71 Å². The summed E-state index contributed by atoms with van der Waals surface area (Å²) in [7, 11) is 0. The first-order chi connectivity index (χ1) is 3.29. The summed E-state index contributed by atoms with van der Waals surface area (Å²) >= 11 is 0. The standard InChI is InChI=1S/C5H8NO.Y/c1-4-3-5(2)7-6-4;/h5H,2-3H2,1H3;/q-1;+3. The molecule has 1 aliphatic heterocycles. The van der Waals surface area contributed by atoms with Gasteiger partial charge in [0, 0.05) is 6.10 Å². The normalized spacial score (nSPS) is 25.8. The Morgan fingerprint density at radius 2 is 2.50 bits per heavy atom. The molecule has 1 heterocycles. The maximum absolute atomic E-state index is 4.74. The fraction of sp³-hybridized carbons (Fsp3) is 0.600. The van der Waals surface area contributed by atoms with Crippen molar-refractivity contribution in [3.05, 3.63) is 6.92 Å². The van der Waals surface area contributed by atoms with Crippen LogP contribution in [-0.2, 0) is 37.5 Å². The van der Waals surface area contributed by atoms with Crippen molar-refractivity contribution in [2.75, 3.05) is 0 Å². The number of oxime groups is 1. The van der Waals surface area contributed by atoms with Crippen LogP contribution in [0.2, 0.25) is 0 Å². The van der Waals surface area contributed by atoms with Crippen LogP contribution in [0.1, 0.15) is 13.3 Å². The predicted octanol–water partition coefficient (Wildman–Crippen LogP) is 0.983. The van der Waals surface area contributed by atoms with Crippen molar-refractivity contribution in [2.45, 2.75) is 19.4 Å². The average molecular weight is 187 g/mol. The van der Waals surface area contributed by atoms with Crippen LogP contribution < -0.4 is 0 Å². The van der Waals surface area contributed by atoms with E-state index in [4.69, 9.17) is 4.84 Å². The molecule has 1 aliphatic rings. The van der Waals surface area contributed by atoms with E-state index < -0.39 is 0 Å². The van der Waals surface area contributed by atoms with Crippen LogP contribution in [0, 0.1) is 6.92 Å². The Hall–Kier alpha value is 0.574. The summed E-state index contributed by atoms with van der Waals surface area (Å²) in [4.78, 5) is 4.74. The molecular weight excluding hydrogens is 179 g/mol. The molecule has 0 spiro atoms. The van der Waals surface area contributed by atoms with Gasteiger partial charge in [0.25, 0.3) is 0 Å². The fourth-order valence-corrected chi connectivity index (χ4v) is 0.569. The van der Waals surface area contributed by atoms with E-state index in [0.717, 1.165) is 12.1 Å². The van der Waals surface area contributed by atoms with E-state index >= 15 is 0 Å². The molecule has 1 rings (SSSR count). The van der Waals surface area contributed by atoms with Gasteiger partial charge in [0.15, 0.2) is 0 Å². The molecule has 0 fully saturated rings. The maximum atomic E-state index is 4.74. The molecule has 0 bridgehead atoms. The van der Waals surface area contributed by atoms with E-state index in [2.05, 4.69) is 12.1 Å². The Labute approximate surface area is 74.5 Å². The van der Waals surface area contributed by atoms with Crippen molar-refractivity contribution in [2.24, 2.45) is 5.16 Å². The largest absolute Gasteiger partial charge is 3.00 e. The van der Waals surface area contributed by atoms with Crippen molar-refractivity contribution < 1.29 is 37.5 Å². The average Bonchev–Trinajstić information content (AvgIpc) is 1.87.